The molecular weight excluding hydrogens is 414 g/mol. The van der Waals surface area contributed by atoms with Gasteiger partial charge in [-0.3, -0.25) is 10.1 Å². The quantitative estimate of drug-likeness (QED) is 0.425. The first kappa shape index (κ1) is 20.4. The SMILES string of the molecule is COc1nccc2oc(C(=O)NC(=S)Nc3ccccc3Oc3cccc(C)c3)cc12. The van der Waals surface area contributed by atoms with Crippen molar-refractivity contribution in [3.8, 4) is 17.4 Å². The number of benzene rings is 2. The second-order valence-corrected chi connectivity index (χ2v) is 7.07. The largest absolute Gasteiger partial charge is 0.480 e. The summed E-state index contributed by atoms with van der Waals surface area (Å²) in [7, 11) is 1.50. The molecule has 0 saturated heterocycles. The topological polar surface area (TPSA) is 85.6 Å². The molecule has 0 fully saturated rings. The number of furan rings is 1. The molecule has 0 aliphatic carbocycles. The Hall–Kier alpha value is -3.91. The number of aromatic nitrogens is 1. The number of amides is 1. The van der Waals surface area contributed by atoms with Crippen LogP contribution in [0.4, 0.5) is 5.69 Å². The average molecular weight is 433 g/mol. The van der Waals surface area contributed by atoms with Gasteiger partial charge < -0.3 is 19.2 Å². The van der Waals surface area contributed by atoms with Crippen LogP contribution in [0.15, 0.2) is 71.3 Å². The molecule has 0 saturated carbocycles. The molecular formula is C23H19N3O4S. The zero-order valence-corrected chi connectivity index (χ0v) is 17.7. The lowest BCUT2D eigenvalue weighted by Gasteiger charge is -2.14. The summed E-state index contributed by atoms with van der Waals surface area (Å²) in [6.45, 7) is 1.99. The molecule has 4 aromatic rings. The highest BCUT2D eigenvalue weighted by atomic mass is 32.1. The Balaban J connectivity index is 1.47. The zero-order chi connectivity index (χ0) is 21.8. The van der Waals surface area contributed by atoms with Crippen LogP contribution in [0.2, 0.25) is 0 Å². The van der Waals surface area contributed by atoms with Crippen LogP contribution in [-0.2, 0) is 0 Å². The molecule has 31 heavy (non-hydrogen) atoms. The lowest BCUT2D eigenvalue weighted by atomic mass is 10.2. The third-order valence-corrected chi connectivity index (χ3v) is 4.61. The Bertz CT molecular complexity index is 1270. The van der Waals surface area contributed by atoms with E-state index in [0.717, 1.165) is 5.56 Å². The Morgan fingerprint density at radius 1 is 1.10 bits per heavy atom. The summed E-state index contributed by atoms with van der Waals surface area (Å²) >= 11 is 5.31. The molecule has 0 aliphatic rings. The molecule has 1 amide bonds. The van der Waals surface area contributed by atoms with Gasteiger partial charge in [0.25, 0.3) is 5.91 Å². The number of hydrogen-bond acceptors (Lipinski definition) is 6. The third kappa shape index (κ3) is 4.65. The fraction of sp³-hybridized carbons (Fsp3) is 0.0870. The number of nitrogens with zero attached hydrogens (tertiary/aromatic N) is 1. The van der Waals surface area contributed by atoms with Crippen LogP contribution in [0.1, 0.15) is 16.1 Å². The van der Waals surface area contributed by atoms with Crippen LogP contribution in [0.3, 0.4) is 0 Å². The standard InChI is InChI=1S/C23H19N3O4S/c1-14-6-5-7-15(12-14)29-19-9-4-3-8-17(19)25-23(31)26-21(27)20-13-16-18(30-20)10-11-24-22(16)28-2/h3-13H,1-2H3,(H2,25,26,27,31). The minimum Gasteiger partial charge on any atom is -0.480 e. The van der Waals surface area contributed by atoms with E-state index in [9.17, 15) is 4.79 Å². The number of methoxy groups -OCH3 is 1. The van der Waals surface area contributed by atoms with E-state index in [1.165, 1.54) is 7.11 Å². The minimum absolute atomic E-state index is 0.0924. The molecule has 2 N–H and O–H groups in total. The van der Waals surface area contributed by atoms with Crippen LogP contribution >= 0.6 is 12.2 Å². The molecule has 0 spiro atoms. The van der Waals surface area contributed by atoms with Gasteiger partial charge in [-0.1, -0.05) is 24.3 Å². The molecule has 2 aromatic carbocycles. The van der Waals surface area contributed by atoms with Gasteiger partial charge in [0.2, 0.25) is 5.88 Å². The number of ether oxygens (including phenoxy) is 2. The van der Waals surface area contributed by atoms with Crippen molar-refractivity contribution in [3.05, 3.63) is 78.2 Å². The average Bonchev–Trinajstić information content (AvgIpc) is 3.20. The first-order valence-corrected chi connectivity index (χ1v) is 9.83. The first-order chi connectivity index (χ1) is 15.0. The fourth-order valence-corrected chi connectivity index (χ4v) is 3.20. The van der Waals surface area contributed by atoms with Gasteiger partial charge in [0.15, 0.2) is 16.6 Å². The van der Waals surface area contributed by atoms with Crippen molar-refractivity contribution in [2.75, 3.05) is 12.4 Å². The van der Waals surface area contributed by atoms with E-state index < -0.39 is 5.91 Å². The van der Waals surface area contributed by atoms with Crippen LogP contribution in [0.5, 0.6) is 17.4 Å². The van der Waals surface area contributed by atoms with Crippen molar-refractivity contribution in [2.45, 2.75) is 6.92 Å². The summed E-state index contributed by atoms with van der Waals surface area (Å²) in [4.78, 5) is 16.7. The number of rotatable bonds is 5. The van der Waals surface area contributed by atoms with E-state index in [2.05, 4.69) is 15.6 Å². The first-order valence-electron chi connectivity index (χ1n) is 9.42. The van der Waals surface area contributed by atoms with Gasteiger partial charge in [0.05, 0.1) is 18.2 Å². The molecule has 0 bridgehead atoms. The Morgan fingerprint density at radius 3 is 2.74 bits per heavy atom. The molecule has 156 valence electrons. The second kappa shape index (κ2) is 8.85. The predicted molar refractivity (Wildman–Crippen MR) is 122 cm³/mol. The van der Waals surface area contributed by atoms with E-state index >= 15 is 0 Å². The smallest absolute Gasteiger partial charge is 0.293 e. The second-order valence-electron chi connectivity index (χ2n) is 6.67. The van der Waals surface area contributed by atoms with Crippen molar-refractivity contribution < 1.29 is 18.7 Å². The number of anilines is 1. The van der Waals surface area contributed by atoms with E-state index in [1.807, 2.05) is 49.4 Å². The Labute approximate surface area is 184 Å². The van der Waals surface area contributed by atoms with E-state index in [1.54, 1.807) is 24.4 Å². The van der Waals surface area contributed by atoms with E-state index in [-0.39, 0.29) is 10.9 Å². The summed E-state index contributed by atoms with van der Waals surface area (Å²) < 4.78 is 16.8. The van der Waals surface area contributed by atoms with Crippen molar-refractivity contribution in [1.29, 1.82) is 0 Å². The number of thiocarbonyl (C=S) groups is 1. The highest BCUT2D eigenvalue weighted by molar-refractivity contribution is 7.80. The molecule has 7 nitrogen and oxygen atoms in total. The number of carbonyl (C=O) groups excluding carboxylic acids is 1. The number of para-hydroxylation sites is 2. The van der Waals surface area contributed by atoms with Crippen molar-refractivity contribution in [2.24, 2.45) is 0 Å². The van der Waals surface area contributed by atoms with Crippen LogP contribution in [0, 0.1) is 6.92 Å². The molecule has 2 aromatic heterocycles. The monoisotopic (exact) mass is 433 g/mol. The number of hydrogen-bond donors (Lipinski definition) is 2. The Kier molecular flexibility index (Phi) is 5.81. The molecule has 0 unspecified atom stereocenters. The number of aryl methyl sites for hydroxylation is 1. The number of pyridine rings is 1. The van der Waals surface area contributed by atoms with Gasteiger partial charge in [-0.15, -0.1) is 0 Å². The normalized spacial score (nSPS) is 10.5. The maximum Gasteiger partial charge on any atom is 0.293 e. The molecule has 2 heterocycles. The van der Waals surface area contributed by atoms with Crippen molar-refractivity contribution in [3.63, 3.8) is 0 Å². The van der Waals surface area contributed by atoms with Gasteiger partial charge in [-0.2, -0.15) is 0 Å². The maximum atomic E-state index is 12.6. The highest BCUT2D eigenvalue weighted by Gasteiger charge is 2.17. The molecule has 4 rings (SSSR count). The van der Waals surface area contributed by atoms with Crippen molar-refractivity contribution >= 4 is 39.9 Å². The van der Waals surface area contributed by atoms with Gasteiger partial charge in [-0.05, 0) is 49.0 Å². The summed E-state index contributed by atoms with van der Waals surface area (Å²) in [6, 6.07) is 18.3. The van der Waals surface area contributed by atoms with Gasteiger partial charge in [0, 0.05) is 18.3 Å². The molecule has 0 aliphatic heterocycles. The van der Waals surface area contributed by atoms with Crippen LogP contribution in [0.25, 0.3) is 11.0 Å². The third-order valence-electron chi connectivity index (χ3n) is 4.41. The zero-order valence-electron chi connectivity index (χ0n) is 16.8. The summed E-state index contributed by atoms with van der Waals surface area (Å²) in [5.41, 5.74) is 2.20. The maximum absolute atomic E-state index is 12.6. The molecule has 8 heteroatoms. The van der Waals surface area contributed by atoms with Crippen LogP contribution in [-0.4, -0.2) is 23.1 Å². The van der Waals surface area contributed by atoms with E-state index in [0.29, 0.717) is 34.0 Å². The summed E-state index contributed by atoms with van der Waals surface area (Å²) in [6.07, 6.45) is 1.55. The lowest BCUT2D eigenvalue weighted by Crippen LogP contribution is -2.33. The van der Waals surface area contributed by atoms with Gasteiger partial charge in [-0.25, -0.2) is 4.98 Å². The molecule has 0 radical (unpaired) electrons. The van der Waals surface area contributed by atoms with Gasteiger partial charge in [0.1, 0.15) is 11.3 Å². The lowest BCUT2D eigenvalue weighted by molar-refractivity contribution is 0.0953. The summed E-state index contributed by atoms with van der Waals surface area (Å²) in [5, 5.41) is 6.32. The summed E-state index contributed by atoms with van der Waals surface area (Å²) in [5.74, 6) is 1.25. The molecule has 0 atom stereocenters. The number of fused-ring (bicyclic) bond motifs is 1. The van der Waals surface area contributed by atoms with E-state index in [4.69, 9.17) is 26.1 Å². The Morgan fingerprint density at radius 2 is 1.94 bits per heavy atom. The van der Waals surface area contributed by atoms with Gasteiger partial charge >= 0.3 is 0 Å². The highest BCUT2D eigenvalue weighted by Crippen LogP contribution is 2.30. The van der Waals surface area contributed by atoms with Crippen molar-refractivity contribution in [1.82, 2.24) is 10.3 Å². The minimum atomic E-state index is -0.493. The van der Waals surface area contributed by atoms with Crippen LogP contribution < -0.4 is 20.1 Å². The predicted octanol–water partition coefficient (Wildman–Crippen LogP) is 5.06. The fourth-order valence-electron chi connectivity index (χ4n) is 3.00. The number of nitrogens with one attached hydrogen (secondary N) is 2. The number of carbonyl (C=O) groups is 1.